The van der Waals surface area contributed by atoms with Gasteiger partial charge in [0.2, 0.25) is 0 Å². The molecule has 0 aliphatic rings. The van der Waals surface area contributed by atoms with Crippen LogP contribution in [0.15, 0.2) is 91.1 Å². The molecule has 2 nitrogen and oxygen atoms in total. The van der Waals surface area contributed by atoms with Crippen molar-refractivity contribution in [1.82, 2.24) is 9.55 Å². The normalized spacial score (nSPS) is 11.3. The second kappa shape index (κ2) is 5.85. The molecule has 2 heteroatoms. The number of rotatable bonds is 2. The molecule has 124 valence electrons. The lowest BCUT2D eigenvalue weighted by Crippen LogP contribution is -1.92. The molecular formula is C24H18N2. The van der Waals surface area contributed by atoms with E-state index >= 15 is 0 Å². The Balaban J connectivity index is 1.82. The summed E-state index contributed by atoms with van der Waals surface area (Å²) in [5.41, 5.74) is 7.02. The van der Waals surface area contributed by atoms with Crippen molar-refractivity contribution in [2.24, 2.45) is 0 Å². The lowest BCUT2D eigenvalue weighted by atomic mass is 10.0. The van der Waals surface area contributed by atoms with E-state index in [1.165, 1.54) is 33.1 Å². The van der Waals surface area contributed by atoms with Gasteiger partial charge in [-0.3, -0.25) is 4.98 Å². The summed E-state index contributed by atoms with van der Waals surface area (Å²) in [6.45, 7) is 2.01. The first-order valence-corrected chi connectivity index (χ1v) is 8.83. The van der Waals surface area contributed by atoms with Gasteiger partial charge in [0.1, 0.15) is 0 Å². The molecule has 0 saturated carbocycles. The molecule has 2 heterocycles. The molecule has 0 aliphatic heterocycles. The minimum Gasteiger partial charge on any atom is -0.309 e. The van der Waals surface area contributed by atoms with Crippen LogP contribution in [0, 0.1) is 6.92 Å². The van der Waals surface area contributed by atoms with Crippen LogP contribution >= 0.6 is 0 Å². The third-order valence-corrected chi connectivity index (χ3v) is 4.93. The van der Waals surface area contributed by atoms with Crippen LogP contribution in [0.1, 0.15) is 5.69 Å². The highest BCUT2D eigenvalue weighted by molar-refractivity contribution is 6.10. The van der Waals surface area contributed by atoms with Crippen molar-refractivity contribution < 1.29 is 0 Å². The highest BCUT2D eigenvalue weighted by Gasteiger charge is 2.12. The van der Waals surface area contributed by atoms with Gasteiger partial charge in [-0.2, -0.15) is 0 Å². The minimum atomic E-state index is 1.04. The summed E-state index contributed by atoms with van der Waals surface area (Å²) in [7, 11) is 0. The minimum absolute atomic E-state index is 1.04. The molecule has 5 rings (SSSR count). The van der Waals surface area contributed by atoms with Crippen LogP contribution in [0.2, 0.25) is 0 Å². The maximum Gasteiger partial charge on any atom is 0.0541 e. The summed E-state index contributed by atoms with van der Waals surface area (Å²) in [6, 6.07) is 30.0. The number of pyridine rings is 1. The quantitative estimate of drug-likeness (QED) is 0.378. The third-order valence-electron chi connectivity index (χ3n) is 4.93. The van der Waals surface area contributed by atoms with E-state index in [0.717, 1.165) is 11.3 Å². The van der Waals surface area contributed by atoms with E-state index in [2.05, 4.69) is 94.5 Å². The van der Waals surface area contributed by atoms with Gasteiger partial charge in [-0.05, 0) is 48.9 Å². The second-order valence-electron chi connectivity index (χ2n) is 6.61. The van der Waals surface area contributed by atoms with Crippen molar-refractivity contribution in [3.63, 3.8) is 0 Å². The van der Waals surface area contributed by atoms with Crippen molar-refractivity contribution in [3.8, 4) is 16.8 Å². The average molecular weight is 334 g/mol. The Morgan fingerprint density at radius 1 is 0.654 bits per heavy atom. The first-order valence-electron chi connectivity index (χ1n) is 8.83. The molecule has 26 heavy (non-hydrogen) atoms. The molecule has 2 aromatic heterocycles. The van der Waals surface area contributed by atoms with Crippen LogP contribution in [0.25, 0.3) is 38.6 Å². The summed E-state index contributed by atoms with van der Waals surface area (Å²) in [5, 5.41) is 2.54. The number of para-hydroxylation sites is 2. The molecule has 3 aromatic carbocycles. The first-order chi connectivity index (χ1) is 12.8. The largest absolute Gasteiger partial charge is 0.309 e. The number of benzene rings is 3. The van der Waals surface area contributed by atoms with Crippen LogP contribution in [0.3, 0.4) is 0 Å². The Bertz CT molecular complexity index is 1220. The molecule has 5 aromatic rings. The summed E-state index contributed by atoms with van der Waals surface area (Å²) >= 11 is 0. The Morgan fingerprint density at radius 3 is 2.19 bits per heavy atom. The molecular weight excluding hydrogens is 316 g/mol. The Morgan fingerprint density at radius 2 is 1.38 bits per heavy atom. The predicted octanol–water partition coefficient (Wildman–Crippen LogP) is 6.15. The van der Waals surface area contributed by atoms with Gasteiger partial charge in [0.05, 0.1) is 11.0 Å². The average Bonchev–Trinajstić information content (AvgIpc) is 3.03. The fourth-order valence-electron chi connectivity index (χ4n) is 3.65. The van der Waals surface area contributed by atoms with Gasteiger partial charge in [-0.25, -0.2) is 0 Å². The summed E-state index contributed by atoms with van der Waals surface area (Å²) < 4.78 is 2.34. The molecule has 0 fully saturated rings. The first kappa shape index (κ1) is 14.9. The molecule has 0 bridgehead atoms. The molecule has 0 amide bonds. The number of nitrogens with zero attached hydrogens (tertiary/aromatic N) is 2. The molecule has 0 unspecified atom stereocenters. The van der Waals surface area contributed by atoms with Gasteiger partial charge in [0.25, 0.3) is 0 Å². The van der Waals surface area contributed by atoms with Crippen LogP contribution < -0.4 is 0 Å². The standard InChI is InChI=1S/C24H18N2/c1-17-11-12-19(16-25-17)18-13-14-24-22(15-18)21-9-5-6-10-23(21)26(24)20-7-3-2-4-8-20/h2-16H,1H3. The zero-order chi connectivity index (χ0) is 17.5. The zero-order valence-electron chi connectivity index (χ0n) is 14.6. The van der Waals surface area contributed by atoms with Crippen molar-refractivity contribution in [1.29, 1.82) is 0 Å². The topological polar surface area (TPSA) is 17.8 Å². The highest BCUT2D eigenvalue weighted by atomic mass is 15.0. The summed E-state index contributed by atoms with van der Waals surface area (Å²) in [4.78, 5) is 4.45. The van der Waals surface area contributed by atoms with E-state index in [1.54, 1.807) is 0 Å². The maximum absolute atomic E-state index is 4.45. The molecule has 0 aliphatic carbocycles. The number of aromatic nitrogens is 2. The summed E-state index contributed by atoms with van der Waals surface area (Å²) in [5.74, 6) is 0. The summed E-state index contributed by atoms with van der Waals surface area (Å²) in [6.07, 6.45) is 1.95. The van der Waals surface area contributed by atoms with Gasteiger partial charge >= 0.3 is 0 Å². The Labute approximate surface area is 152 Å². The van der Waals surface area contributed by atoms with E-state index in [1.807, 2.05) is 13.1 Å². The smallest absolute Gasteiger partial charge is 0.0541 e. The van der Waals surface area contributed by atoms with E-state index < -0.39 is 0 Å². The molecule has 0 radical (unpaired) electrons. The van der Waals surface area contributed by atoms with E-state index in [4.69, 9.17) is 0 Å². The lowest BCUT2D eigenvalue weighted by molar-refractivity contribution is 1.18. The zero-order valence-corrected chi connectivity index (χ0v) is 14.6. The van der Waals surface area contributed by atoms with Crippen molar-refractivity contribution >= 4 is 21.8 Å². The van der Waals surface area contributed by atoms with Gasteiger partial charge < -0.3 is 4.57 Å². The van der Waals surface area contributed by atoms with Crippen LogP contribution in [-0.4, -0.2) is 9.55 Å². The van der Waals surface area contributed by atoms with Crippen molar-refractivity contribution in [2.75, 3.05) is 0 Å². The lowest BCUT2D eigenvalue weighted by Gasteiger charge is -2.08. The highest BCUT2D eigenvalue weighted by Crippen LogP contribution is 2.34. The third kappa shape index (κ3) is 2.31. The Kier molecular flexibility index (Phi) is 3.36. The number of fused-ring (bicyclic) bond motifs is 3. The van der Waals surface area contributed by atoms with Gasteiger partial charge in [0, 0.05) is 33.9 Å². The monoisotopic (exact) mass is 334 g/mol. The molecule has 0 spiro atoms. The molecule has 0 atom stereocenters. The van der Waals surface area contributed by atoms with E-state index in [9.17, 15) is 0 Å². The maximum atomic E-state index is 4.45. The van der Waals surface area contributed by atoms with Gasteiger partial charge in [0.15, 0.2) is 0 Å². The fourth-order valence-corrected chi connectivity index (χ4v) is 3.65. The predicted molar refractivity (Wildman–Crippen MR) is 109 cm³/mol. The number of hydrogen-bond acceptors (Lipinski definition) is 1. The van der Waals surface area contributed by atoms with Crippen LogP contribution in [0.5, 0.6) is 0 Å². The SMILES string of the molecule is Cc1ccc(-c2ccc3c(c2)c2ccccc2n3-c2ccccc2)cn1. The van der Waals surface area contributed by atoms with E-state index in [0.29, 0.717) is 0 Å². The number of aryl methyl sites for hydroxylation is 1. The second-order valence-corrected chi connectivity index (χ2v) is 6.61. The van der Waals surface area contributed by atoms with E-state index in [-0.39, 0.29) is 0 Å². The Hall–Kier alpha value is -3.39. The van der Waals surface area contributed by atoms with Gasteiger partial charge in [-0.1, -0.05) is 48.5 Å². The molecule has 0 N–H and O–H groups in total. The van der Waals surface area contributed by atoms with Crippen molar-refractivity contribution in [3.05, 3.63) is 96.8 Å². The fraction of sp³-hybridized carbons (Fsp3) is 0.0417. The van der Waals surface area contributed by atoms with Gasteiger partial charge in [-0.15, -0.1) is 0 Å². The van der Waals surface area contributed by atoms with Crippen molar-refractivity contribution in [2.45, 2.75) is 6.92 Å². The number of hydrogen-bond donors (Lipinski definition) is 0. The van der Waals surface area contributed by atoms with Crippen LogP contribution in [-0.2, 0) is 0 Å². The van der Waals surface area contributed by atoms with Crippen LogP contribution in [0.4, 0.5) is 0 Å². The molecule has 0 saturated heterocycles.